The fourth-order valence-corrected chi connectivity index (χ4v) is 4.84. The van der Waals surface area contributed by atoms with Gasteiger partial charge in [0.1, 0.15) is 0 Å². The number of benzene rings is 1. The number of rotatable bonds is 10. The average molecular weight is 455 g/mol. The van der Waals surface area contributed by atoms with Gasteiger partial charge in [0.25, 0.3) is 0 Å². The standard InChI is InChI=1S/C19H30N6O3S2/c1-6-24(7-2)30(27,28)16-10-8-9-15(11-16)18-22-23-19(25(18)20)29-12-17(26)21-14(5)13(3)4/h8-11,13-14H,6-7,12,20H2,1-5H3,(H,21,26)/t14-/m1/s1. The van der Waals surface area contributed by atoms with Gasteiger partial charge in [0, 0.05) is 24.7 Å². The molecule has 3 N–H and O–H groups in total. The van der Waals surface area contributed by atoms with Gasteiger partial charge in [0.15, 0.2) is 5.82 Å². The third kappa shape index (κ3) is 5.52. The van der Waals surface area contributed by atoms with Crippen molar-refractivity contribution >= 4 is 27.7 Å². The zero-order valence-electron chi connectivity index (χ0n) is 18.0. The lowest BCUT2D eigenvalue weighted by Crippen LogP contribution is -2.37. The number of amides is 1. The molecule has 11 heteroatoms. The van der Waals surface area contributed by atoms with Gasteiger partial charge in [0.05, 0.1) is 10.6 Å². The molecule has 30 heavy (non-hydrogen) atoms. The molecule has 0 aliphatic carbocycles. The maximum absolute atomic E-state index is 12.8. The highest BCUT2D eigenvalue weighted by atomic mass is 32.2. The lowest BCUT2D eigenvalue weighted by atomic mass is 10.1. The molecule has 0 radical (unpaired) electrons. The summed E-state index contributed by atoms with van der Waals surface area (Å²) in [6, 6.07) is 6.52. The maximum Gasteiger partial charge on any atom is 0.243 e. The van der Waals surface area contributed by atoms with Crippen LogP contribution in [0.1, 0.15) is 34.6 Å². The summed E-state index contributed by atoms with van der Waals surface area (Å²) in [7, 11) is -3.60. The van der Waals surface area contributed by atoms with E-state index in [2.05, 4.69) is 15.5 Å². The van der Waals surface area contributed by atoms with Crippen LogP contribution in [-0.4, -0.2) is 58.4 Å². The van der Waals surface area contributed by atoms with Crippen molar-refractivity contribution in [2.45, 2.75) is 50.7 Å². The van der Waals surface area contributed by atoms with Crippen LogP contribution in [0.15, 0.2) is 34.3 Å². The number of nitrogens with zero attached hydrogens (tertiary/aromatic N) is 4. The van der Waals surface area contributed by atoms with Gasteiger partial charge in [-0.1, -0.05) is 51.6 Å². The van der Waals surface area contributed by atoms with Crippen molar-refractivity contribution in [3.63, 3.8) is 0 Å². The van der Waals surface area contributed by atoms with Crippen molar-refractivity contribution in [1.29, 1.82) is 0 Å². The Bertz CT molecular complexity index is 970. The molecule has 0 saturated heterocycles. The van der Waals surface area contributed by atoms with Gasteiger partial charge in [0.2, 0.25) is 21.1 Å². The minimum Gasteiger partial charge on any atom is -0.353 e. The van der Waals surface area contributed by atoms with E-state index in [-0.39, 0.29) is 22.6 Å². The number of aromatic nitrogens is 3. The molecule has 0 aliphatic heterocycles. The molecule has 2 rings (SSSR count). The number of hydrogen-bond donors (Lipinski definition) is 2. The van der Waals surface area contributed by atoms with Gasteiger partial charge < -0.3 is 11.2 Å². The van der Waals surface area contributed by atoms with Gasteiger partial charge in [-0.3, -0.25) is 4.79 Å². The van der Waals surface area contributed by atoms with Crippen molar-refractivity contribution < 1.29 is 13.2 Å². The van der Waals surface area contributed by atoms with Gasteiger partial charge in [-0.25, -0.2) is 13.1 Å². The predicted molar refractivity (Wildman–Crippen MR) is 119 cm³/mol. The van der Waals surface area contributed by atoms with Crippen LogP contribution in [0.25, 0.3) is 11.4 Å². The molecule has 0 saturated carbocycles. The number of sulfonamides is 1. The van der Waals surface area contributed by atoms with E-state index in [1.165, 1.54) is 26.8 Å². The first kappa shape index (κ1) is 24.2. The number of carbonyl (C=O) groups excluding carboxylic acids is 1. The van der Waals surface area contributed by atoms with E-state index in [4.69, 9.17) is 5.84 Å². The van der Waals surface area contributed by atoms with Gasteiger partial charge in [-0.2, -0.15) is 4.31 Å². The highest BCUT2D eigenvalue weighted by Crippen LogP contribution is 2.25. The molecular formula is C19H30N6O3S2. The first-order valence-corrected chi connectivity index (χ1v) is 12.3. The molecule has 1 aromatic carbocycles. The Balaban J connectivity index is 2.19. The van der Waals surface area contributed by atoms with Crippen molar-refractivity contribution in [3.8, 4) is 11.4 Å². The van der Waals surface area contributed by atoms with Crippen LogP contribution in [-0.2, 0) is 14.8 Å². The first-order valence-electron chi connectivity index (χ1n) is 9.85. The summed E-state index contributed by atoms with van der Waals surface area (Å²) in [4.78, 5) is 12.3. The predicted octanol–water partition coefficient (Wildman–Crippen LogP) is 1.94. The number of thioether (sulfide) groups is 1. The summed E-state index contributed by atoms with van der Waals surface area (Å²) in [5.41, 5.74) is 0.531. The van der Waals surface area contributed by atoms with Gasteiger partial charge in [-0.15, -0.1) is 10.2 Å². The van der Waals surface area contributed by atoms with Crippen LogP contribution in [0.3, 0.4) is 0 Å². The molecule has 0 aliphatic rings. The Morgan fingerprint density at radius 1 is 1.23 bits per heavy atom. The van der Waals surface area contributed by atoms with E-state index < -0.39 is 10.0 Å². The largest absolute Gasteiger partial charge is 0.353 e. The number of carbonyl (C=O) groups is 1. The maximum atomic E-state index is 12.8. The minimum atomic E-state index is -3.60. The summed E-state index contributed by atoms with van der Waals surface area (Å²) >= 11 is 1.17. The second kappa shape index (κ2) is 10.3. The number of nitrogens with two attached hydrogens (primary N) is 1. The smallest absolute Gasteiger partial charge is 0.243 e. The van der Waals surface area contributed by atoms with Crippen molar-refractivity contribution in [2.75, 3.05) is 24.7 Å². The topological polar surface area (TPSA) is 123 Å². The molecule has 2 aromatic rings. The van der Waals surface area contributed by atoms with Crippen molar-refractivity contribution in [2.24, 2.45) is 5.92 Å². The molecule has 1 aromatic heterocycles. The Kier molecular flexibility index (Phi) is 8.27. The molecule has 166 valence electrons. The lowest BCUT2D eigenvalue weighted by molar-refractivity contribution is -0.119. The summed E-state index contributed by atoms with van der Waals surface area (Å²) in [6.07, 6.45) is 0. The van der Waals surface area contributed by atoms with E-state index in [9.17, 15) is 13.2 Å². The van der Waals surface area contributed by atoms with Crippen LogP contribution < -0.4 is 11.2 Å². The molecule has 0 unspecified atom stereocenters. The minimum absolute atomic E-state index is 0.0694. The van der Waals surface area contributed by atoms with Crippen LogP contribution in [0.2, 0.25) is 0 Å². The second-order valence-corrected chi connectivity index (χ2v) is 10.1. The van der Waals surface area contributed by atoms with Gasteiger partial charge in [-0.05, 0) is 25.0 Å². The van der Waals surface area contributed by atoms with E-state index in [1.807, 2.05) is 20.8 Å². The van der Waals surface area contributed by atoms with E-state index in [1.54, 1.807) is 32.0 Å². The van der Waals surface area contributed by atoms with Crippen molar-refractivity contribution in [1.82, 2.24) is 24.5 Å². The summed E-state index contributed by atoms with van der Waals surface area (Å²) in [5, 5.41) is 11.4. The third-order valence-corrected chi connectivity index (χ3v) is 7.81. The first-order chi connectivity index (χ1) is 14.1. The average Bonchev–Trinajstić information content (AvgIpc) is 3.07. The van der Waals surface area contributed by atoms with Crippen LogP contribution >= 0.6 is 11.8 Å². The molecular weight excluding hydrogens is 424 g/mol. The Morgan fingerprint density at radius 2 is 1.90 bits per heavy atom. The second-order valence-electron chi connectivity index (χ2n) is 7.18. The van der Waals surface area contributed by atoms with Gasteiger partial charge >= 0.3 is 0 Å². The van der Waals surface area contributed by atoms with E-state index in [0.717, 1.165) is 0 Å². The number of nitrogens with one attached hydrogen (secondary N) is 1. The van der Waals surface area contributed by atoms with Crippen LogP contribution in [0, 0.1) is 5.92 Å². The highest BCUT2D eigenvalue weighted by molar-refractivity contribution is 7.99. The molecule has 0 fully saturated rings. The van der Waals surface area contributed by atoms with Crippen molar-refractivity contribution in [3.05, 3.63) is 24.3 Å². The normalized spacial score (nSPS) is 13.0. The fourth-order valence-electron chi connectivity index (χ4n) is 2.67. The molecule has 1 atom stereocenters. The zero-order chi connectivity index (χ0) is 22.5. The third-order valence-electron chi connectivity index (χ3n) is 4.82. The summed E-state index contributed by atoms with van der Waals surface area (Å²) < 4.78 is 28.2. The van der Waals surface area contributed by atoms with E-state index >= 15 is 0 Å². The zero-order valence-corrected chi connectivity index (χ0v) is 19.6. The van der Waals surface area contributed by atoms with Crippen LogP contribution in [0.4, 0.5) is 0 Å². The highest BCUT2D eigenvalue weighted by Gasteiger charge is 2.23. The molecule has 1 amide bonds. The Hall–Kier alpha value is -2.11. The fraction of sp³-hybridized carbons (Fsp3) is 0.526. The van der Waals surface area contributed by atoms with Crippen LogP contribution in [0.5, 0.6) is 0 Å². The molecule has 9 nitrogen and oxygen atoms in total. The summed E-state index contributed by atoms with van der Waals surface area (Å²) in [6.45, 7) is 10.4. The molecule has 0 bridgehead atoms. The molecule has 1 heterocycles. The Morgan fingerprint density at radius 3 is 2.50 bits per heavy atom. The lowest BCUT2D eigenvalue weighted by Gasteiger charge is -2.18. The quantitative estimate of drug-likeness (QED) is 0.415. The molecule has 0 spiro atoms. The SMILES string of the molecule is CCN(CC)S(=O)(=O)c1cccc(-c2nnc(SCC(=O)N[C@H](C)C(C)C)n2N)c1. The number of hydrogen-bond acceptors (Lipinski definition) is 7. The monoisotopic (exact) mass is 454 g/mol. The Labute approximate surface area is 182 Å². The number of nitrogen functional groups attached to an aromatic ring is 1. The van der Waals surface area contributed by atoms with E-state index in [0.29, 0.717) is 35.6 Å². The summed E-state index contributed by atoms with van der Waals surface area (Å²) in [5.74, 6) is 6.83.